The zero-order chi connectivity index (χ0) is 18.5. The highest BCUT2D eigenvalue weighted by Crippen LogP contribution is 2.16. The van der Waals surface area contributed by atoms with Gasteiger partial charge in [-0.05, 0) is 29.8 Å². The van der Waals surface area contributed by atoms with Gasteiger partial charge in [-0.1, -0.05) is 36.4 Å². The summed E-state index contributed by atoms with van der Waals surface area (Å²) < 4.78 is 1.72. The molecule has 1 atom stereocenters. The Labute approximate surface area is 156 Å². The zero-order valence-corrected chi connectivity index (χ0v) is 14.5. The summed E-state index contributed by atoms with van der Waals surface area (Å²) in [4.78, 5) is 14.5. The summed E-state index contributed by atoms with van der Waals surface area (Å²) >= 11 is 0. The molecule has 0 saturated heterocycles. The Hall–Kier alpha value is -3.74. The quantitative estimate of drug-likeness (QED) is 0.575. The van der Waals surface area contributed by atoms with Crippen molar-refractivity contribution in [1.29, 1.82) is 0 Å². The molecule has 4 rings (SSSR count). The van der Waals surface area contributed by atoms with Gasteiger partial charge in [-0.2, -0.15) is 20.1 Å². The van der Waals surface area contributed by atoms with E-state index in [1.165, 1.54) is 0 Å². The third-order valence-corrected chi connectivity index (χ3v) is 4.20. The van der Waals surface area contributed by atoms with Gasteiger partial charge < -0.3 is 5.32 Å². The van der Waals surface area contributed by atoms with E-state index in [0.717, 1.165) is 11.3 Å². The Morgan fingerprint density at radius 1 is 0.926 bits per heavy atom. The molecule has 1 amide bonds. The Bertz CT molecular complexity index is 996. The molecular formula is C20H18N6O. The van der Waals surface area contributed by atoms with Gasteiger partial charge >= 0.3 is 0 Å². The van der Waals surface area contributed by atoms with Crippen molar-refractivity contribution in [3.05, 3.63) is 96.6 Å². The zero-order valence-electron chi connectivity index (χ0n) is 14.5. The van der Waals surface area contributed by atoms with Gasteiger partial charge in [0.15, 0.2) is 0 Å². The summed E-state index contributed by atoms with van der Waals surface area (Å²) in [5, 5.41) is 15.6. The lowest BCUT2D eigenvalue weighted by atomic mass is 10.1. The summed E-state index contributed by atoms with van der Waals surface area (Å²) in [7, 11) is 0. The fraction of sp³-hybridized carbons (Fsp3) is 0.100. The van der Waals surface area contributed by atoms with Crippen molar-refractivity contribution in [2.24, 2.45) is 0 Å². The molecule has 0 unspecified atom stereocenters. The number of benzene rings is 2. The average Bonchev–Trinajstić information content (AvgIpc) is 3.42. The smallest absolute Gasteiger partial charge is 0.251 e. The third-order valence-electron chi connectivity index (χ3n) is 4.20. The fourth-order valence-electron chi connectivity index (χ4n) is 2.87. The molecule has 0 spiro atoms. The van der Waals surface area contributed by atoms with E-state index in [-0.39, 0.29) is 11.9 Å². The molecule has 7 heteroatoms. The highest BCUT2D eigenvalue weighted by Gasteiger charge is 2.17. The van der Waals surface area contributed by atoms with Gasteiger partial charge in [0.05, 0.1) is 30.7 Å². The van der Waals surface area contributed by atoms with E-state index in [9.17, 15) is 4.79 Å². The molecule has 4 aromatic rings. The lowest BCUT2D eigenvalue weighted by Gasteiger charge is -2.19. The second kappa shape index (κ2) is 7.65. The Morgan fingerprint density at radius 3 is 2.48 bits per heavy atom. The number of hydrogen-bond acceptors (Lipinski definition) is 4. The fourth-order valence-corrected chi connectivity index (χ4v) is 2.87. The predicted molar refractivity (Wildman–Crippen MR) is 100 cm³/mol. The highest BCUT2D eigenvalue weighted by molar-refractivity contribution is 5.95. The molecule has 0 radical (unpaired) electrons. The Balaban J connectivity index is 1.57. The first kappa shape index (κ1) is 16.7. The lowest BCUT2D eigenvalue weighted by Crippen LogP contribution is -2.32. The highest BCUT2D eigenvalue weighted by atomic mass is 16.1. The van der Waals surface area contributed by atoms with Gasteiger partial charge in [0.25, 0.3) is 5.91 Å². The first-order chi connectivity index (χ1) is 13.3. The van der Waals surface area contributed by atoms with Crippen molar-refractivity contribution >= 4 is 5.91 Å². The third kappa shape index (κ3) is 3.92. The number of nitrogens with one attached hydrogen (secondary N) is 1. The first-order valence-electron chi connectivity index (χ1n) is 8.59. The van der Waals surface area contributed by atoms with Gasteiger partial charge in [0, 0.05) is 18.0 Å². The van der Waals surface area contributed by atoms with E-state index >= 15 is 0 Å². The molecule has 0 aliphatic heterocycles. The van der Waals surface area contributed by atoms with Gasteiger partial charge in [-0.15, -0.1) is 0 Å². The van der Waals surface area contributed by atoms with Crippen LogP contribution in [0.25, 0.3) is 5.69 Å². The average molecular weight is 358 g/mol. The molecule has 0 bridgehead atoms. The van der Waals surface area contributed by atoms with Crippen LogP contribution in [0.15, 0.2) is 85.5 Å². The Kier molecular flexibility index (Phi) is 4.74. The molecule has 1 N–H and O–H groups in total. The van der Waals surface area contributed by atoms with Crippen molar-refractivity contribution in [2.75, 3.05) is 0 Å². The normalized spacial score (nSPS) is 11.9. The molecule has 27 heavy (non-hydrogen) atoms. The van der Waals surface area contributed by atoms with Crippen LogP contribution in [-0.2, 0) is 6.54 Å². The van der Waals surface area contributed by atoms with Crippen LogP contribution in [0.4, 0.5) is 0 Å². The first-order valence-corrected chi connectivity index (χ1v) is 8.59. The second-order valence-electron chi connectivity index (χ2n) is 6.02. The van der Waals surface area contributed by atoms with Crippen LogP contribution < -0.4 is 5.32 Å². The maximum absolute atomic E-state index is 12.9. The summed E-state index contributed by atoms with van der Waals surface area (Å²) in [6.45, 7) is 0.446. The lowest BCUT2D eigenvalue weighted by molar-refractivity contribution is 0.0930. The standard InChI is InChI=1S/C20H18N6O/c27-20(17-8-4-9-18(14-17)25-13-5-10-21-25)24-19(15-26-22-11-12-23-26)16-6-2-1-3-7-16/h1-14,19H,15H2,(H,24,27)/t19-/m1/s1. The van der Waals surface area contributed by atoms with E-state index in [2.05, 4.69) is 20.6 Å². The SMILES string of the molecule is O=C(N[C@H](Cn1nccn1)c1ccccc1)c1cccc(-n2cccn2)c1. The van der Waals surface area contributed by atoms with Crippen LogP contribution in [0.5, 0.6) is 0 Å². The molecule has 0 aliphatic carbocycles. The minimum absolute atomic E-state index is 0.162. The van der Waals surface area contributed by atoms with Crippen LogP contribution in [0.3, 0.4) is 0 Å². The molecule has 7 nitrogen and oxygen atoms in total. The second-order valence-corrected chi connectivity index (χ2v) is 6.02. The molecular weight excluding hydrogens is 340 g/mol. The molecule has 2 aromatic carbocycles. The number of nitrogens with zero attached hydrogens (tertiary/aromatic N) is 5. The number of carbonyl (C=O) groups is 1. The van der Waals surface area contributed by atoms with Gasteiger partial charge in [0.1, 0.15) is 0 Å². The summed E-state index contributed by atoms with van der Waals surface area (Å²) in [5.74, 6) is -0.162. The molecule has 0 saturated carbocycles. The molecule has 0 fully saturated rings. The number of amides is 1. The monoisotopic (exact) mass is 358 g/mol. The van der Waals surface area contributed by atoms with Crippen molar-refractivity contribution < 1.29 is 4.79 Å². The number of carbonyl (C=O) groups excluding carboxylic acids is 1. The van der Waals surface area contributed by atoms with Crippen molar-refractivity contribution in [3.63, 3.8) is 0 Å². The minimum Gasteiger partial charge on any atom is -0.343 e. The van der Waals surface area contributed by atoms with E-state index in [4.69, 9.17) is 0 Å². The minimum atomic E-state index is -0.251. The number of aromatic nitrogens is 5. The van der Waals surface area contributed by atoms with E-state index in [0.29, 0.717) is 12.1 Å². The number of hydrogen-bond donors (Lipinski definition) is 1. The van der Waals surface area contributed by atoms with Crippen molar-refractivity contribution in [1.82, 2.24) is 30.1 Å². The van der Waals surface area contributed by atoms with E-state index in [1.807, 2.05) is 60.8 Å². The van der Waals surface area contributed by atoms with E-state index < -0.39 is 0 Å². The molecule has 134 valence electrons. The van der Waals surface area contributed by atoms with Crippen LogP contribution in [-0.4, -0.2) is 30.7 Å². The maximum atomic E-state index is 12.9. The Morgan fingerprint density at radius 2 is 1.74 bits per heavy atom. The van der Waals surface area contributed by atoms with Crippen molar-refractivity contribution in [3.8, 4) is 5.69 Å². The van der Waals surface area contributed by atoms with Crippen LogP contribution in [0.1, 0.15) is 22.0 Å². The summed E-state index contributed by atoms with van der Waals surface area (Å²) in [6.07, 6.45) is 6.79. The molecule has 0 aliphatic rings. The summed E-state index contributed by atoms with van der Waals surface area (Å²) in [6, 6.07) is 18.8. The number of rotatable bonds is 6. The van der Waals surface area contributed by atoms with Gasteiger partial charge in [-0.3, -0.25) is 4.79 Å². The van der Waals surface area contributed by atoms with Gasteiger partial charge in [0.2, 0.25) is 0 Å². The topological polar surface area (TPSA) is 77.6 Å². The summed E-state index contributed by atoms with van der Waals surface area (Å²) in [5.41, 5.74) is 2.39. The van der Waals surface area contributed by atoms with Crippen LogP contribution >= 0.6 is 0 Å². The molecule has 2 aromatic heterocycles. The van der Waals surface area contributed by atoms with Crippen molar-refractivity contribution in [2.45, 2.75) is 12.6 Å². The largest absolute Gasteiger partial charge is 0.343 e. The van der Waals surface area contributed by atoms with Crippen LogP contribution in [0, 0.1) is 0 Å². The van der Waals surface area contributed by atoms with Crippen LogP contribution in [0.2, 0.25) is 0 Å². The molecule has 2 heterocycles. The maximum Gasteiger partial charge on any atom is 0.251 e. The van der Waals surface area contributed by atoms with E-state index in [1.54, 1.807) is 34.1 Å². The predicted octanol–water partition coefficient (Wildman–Crippen LogP) is 2.64. The van der Waals surface area contributed by atoms with Gasteiger partial charge in [-0.25, -0.2) is 4.68 Å².